The highest BCUT2D eigenvalue weighted by Gasteiger charge is 2.23. The van der Waals surface area contributed by atoms with E-state index in [0.717, 1.165) is 29.4 Å². The van der Waals surface area contributed by atoms with E-state index < -0.39 is 0 Å². The first kappa shape index (κ1) is 14.1. The van der Waals surface area contributed by atoms with Gasteiger partial charge in [0.15, 0.2) is 0 Å². The zero-order valence-corrected chi connectivity index (χ0v) is 12.3. The minimum Gasteiger partial charge on any atom is -0.380 e. The highest BCUT2D eigenvalue weighted by molar-refractivity contribution is 9.10. The molecule has 0 aromatic heterocycles. The fourth-order valence-corrected chi connectivity index (χ4v) is 2.54. The SMILES string of the molecule is CCC(CC)(CC)Nc1cc(Br)cc(C#N)c1. The summed E-state index contributed by atoms with van der Waals surface area (Å²) in [4.78, 5) is 0. The van der Waals surface area contributed by atoms with Crippen LogP contribution in [0, 0.1) is 11.3 Å². The normalized spacial score (nSPS) is 11.0. The third kappa shape index (κ3) is 3.47. The van der Waals surface area contributed by atoms with Crippen molar-refractivity contribution < 1.29 is 0 Å². The molecule has 1 N–H and O–H groups in total. The van der Waals surface area contributed by atoms with Crippen LogP contribution in [-0.4, -0.2) is 5.54 Å². The fraction of sp³-hybridized carbons (Fsp3) is 0.500. The summed E-state index contributed by atoms with van der Waals surface area (Å²) in [6.07, 6.45) is 3.23. The topological polar surface area (TPSA) is 35.8 Å². The molecule has 0 atom stereocenters. The van der Waals surface area contributed by atoms with Gasteiger partial charge in [-0.1, -0.05) is 36.7 Å². The number of halogens is 1. The van der Waals surface area contributed by atoms with Gasteiger partial charge in [-0.15, -0.1) is 0 Å². The summed E-state index contributed by atoms with van der Waals surface area (Å²) in [5, 5.41) is 12.5. The highest BCUT2D eigenvalue weighted by atomic mass is 79.9. The van der Waals surface area contributed by atoms with E-state index >= 15 is 0 Å². The first-order valence-electron chi connectivity index (χ1n) is 6.08. The predicted octanol–water partition coefficient (Wildman–Crippen LogP) is 4.70. The van der Waals surface area contributed by atoms with Crippen molar-refractivity contribution in [3.8, 4) is 6.07 Å². The number of nitriles is 1. The minimum absolute atomic E-state index is 0.132. The van der Waals surface area contributed by atoms with Crippen LogP contribution < -0.4 is 5.32 Å². The van der Waals surface area contributed by atoms with Crippen molar-refractivity contribution in [2.45, 2.75) is 45.6 Å². The van der Waals surface area contributed by atoms with Gasteiger partial charge in [-0.3, -0.25) is 0 Å². The molecule has 0 aliphatic rings. The molecule has 1 rings (SSSR count). The van der Waals surface area contributed by atoms with Gasteiger partial charge in [-0.25, -0.2) is 0 Å². The molecule has 0 fully saturated rings. The lowest BCUT2D eigenvalue weighted by molar-refractivity contribution is 0.420. The Balaban J connectivity index is 3.02. The van der Waals surface area contributed by atoms with Crippen molar-refractivity contribution in [2.24, 2.45) is 0 Å². The van der Waals surface area contributed by atoms with Crippen LogP contribution in [0.4, 0.5) is 5.69 Å². The van der Waals surface area contributed by atoms with Gasteiger partial charge in [0, 0.05) is 15.7 Å². The van der Waals surface area contributed by atoms with Crippen molar-refractivity contribution in [2.75, 3.05) is 5.32 Å². The van der Waals surface area contributed by atoms with Crippen molar-refractivity contribution in [1.29, 1.82) is 5.26 Å². The second-order valence-electron chi connectivity index (χ2n) is 4.31. The highest BCUT2D eigenvalue weighted by Crippen LogP contribution is 2.28. The van der Waals surface area contributed by atoms with E-state index in [1.807, 2.05) is 18.2 Å². The van der Waals surface area contributed by atoms with Gasteiger partial charge in [-0.05, 0) is 37.5 Å². The van der Waals surface area contributed by atoms with Gasteiger partial charge in [-0.2, -0.15) is 5.26 Å². The molecule has 0 bridgehead atoms. The van der Waals surface area contributed by atoms with E-state index in [1.165, 1.54) is 0 Å². The molecule has 0 saturated carbocycles. The summed E-state index contributed by atoms with van der Waals surface area (Å²) in [6.45, 7) is 6.59. The van der Waals surface area contributed by atoms with Crippen molar-refractivity contribution in [3.05, 3.63) is 28.2 Å². The minimum atomic E-state index is 0.132. The van der Waals surface area contributed by atoms with E-state index in [4.69, 9.17) is 5.26 Å². The molecule has 0 aliphatic heterocycles. The van der Waals surface area contributed by atoms with Crippen LogP contribution in [0.15, 0.2) is 22.7 Å². The molecule has 17 heavy (non-hydrogen) atoms. The van der Waals surface area contributed by atoms with E-state index in [1.54, 1.807) is 0 Å². The summed E-state index contributed by atoms with van der Waals surface area (Å²) in [5.74, 6) is 0. The second-order valence-corrected chi connectivity index (χ2v) is 5.22. The molecule has 1 aromatic carbocycles. The lowest BCUT2D eigenvalue weighted by atomic mass is 9.89. The zero-order valence-electron chi connectivity index (χ0n) is 10.7. The van der Waals surface area contributed by atoms with Crippen LogP contribution in [0.5, 0.6) is 0 Å². The Labute approximate surface area is 112 Å². The molecule has 1 aromatic rings. The first-order chi connectivity index (χ1) is 8.09. The molecular formula is C14H19BrN2. The molecule has 0 heterocycles. The predicted molar refractivity (Wildman–Crippen MR) is 76.1 cm³/mol. The number of nitrogens with one attached hydrogen (secondary N) is 1. The first-order valence-corrected chi connectivity index (χ1v) is 6.87. The van der Waals surface area contributed by atoms with Crippen LogP contribution >= 0.6 is 15.9 Å². The Hall–Kier alpha value is -1.01. The Morgan fingerprint density at radius 3 is 2.24 bits per heavy atom. The van der Waals surface area contributed by atoms with Gasteiger partial charge in [0.05, 0.1) is 11.6 Å². The van der Waals surface area contributed by atoms with Crippen molar-refractivity contribution in [3.63, 3.8) is 0 Å². The molecular weight excluding hydrogens is 276 g/mol. The van der Waals surface area contributed by atoms with Crippen LogP contribution in [-0.2, 0) is 0 Å². The van der Waals surface area contributed by atoms with Gasteiger partial charge in [0.25, 0.3) is 0 Å². The van der Waals surface area contributed by atoms with E-state index in [2.05, 4.69) is 48.1 Å². The van der Waals surface area contributed by atoms with E-state index in [0.29, 0.717) is 5.56 Å². The molecule has 0 unspecified atom stereocenters. The van der Waals surface area contributed by atoms with Gasteiger partial charge >= 0.3 is 0 Å². The second kappa shape index (κ2) is 6.07. The molecule has 0 aliphatic carbocycles. The van der Waals surface area contributed by atoms with Crippen LogP contribution in [0.3, 0.4) is 0 Å². The number of hydrogen-bond donors (Lipinski definition) is 1. The monoisotopic (exact) mass is 294 g/mol. The van der Waals surface area contributed by atoms with E-state index in [9.17, 15) is 0 Å². The average molecular weight is 295 g/mol. The summed E-state index contributed by atoms with van der Waals surface area (Å²) in [7, 11) is 0. The number of hydrogen-bond acceptors (Lipinski definition) is 2. The fourth-order valence-electron chi connectivity index (χ4n) is 2.05. The van der Waals surface area contributed by atoms with Crippen LogP contribution in [0.2, 0.25) is 0 Å². The number of nitrogens with zero attached hydrogens (tertiary/aromatic N) is 1. The molecule has 3 heteroatoms. The summed E-state index contributed by atoms with van der Waals surface area (Å²) in [5.41, 5.74) is 1.83. The van der Waals surface area contributed by atoms with Gasteiger partial charge in [0.1, 0.15) is 0 Å². The lowest BCUT2D eigenvalue weighted by Gasteiger charge is -2.33. The van der Waals surface area contributed by atoms with Crippen molar-refractivity contribution in [1.82, 2.24) is 0 Å². The third-order valence-corrected chi connectivity index (χ3v) is 3.92. The molecule has 0 spiro atoms. The quantitative estimate of drug-likeness (QED) is 0.854. The third-order valence-electron chi connectivity index (χ3n) is 3.47. The molecule has 0 radical (unpaired) electrons. The average Bonchev–Trinajstić information content (AvgIpc) is 2.35. The summed E-state index contributed by atoms with van der Waals surface area (Å²) >= 11 is 3.44. The summed E-state index contributed by atoms with van der Waals surface area (Å²) in [6, 6.07) is 7.94. The maximum atomic E-state index is 8.96. The Kier molecular flexibility index (Phi) is 5.02. The zero-order chi connectivity index (χ0) is 12.9. The number of anilines is 1. The smallest absolute Gasteiger partial charge is 0.0992 e. The number of rotatable bonds is 5. The summed E-state index contributed by atoms with van der Waals surface area (Å²) < 4.78 is 0.941. The maximum absolute atomic E-state index is 8.96. The van der Waals surface area contributed by atoms with Crippen molar-refractivity contribution >= 4 is 21.6 Å². The van der Waals surface area contributed by atoms with Gasteiger partial charge in [0.2, 0.25) is 0 Å². The standard InChI is InChI=1S/C14H19BrN2/c1-4-14(5-2,6-3)17-13-8-11(10-16)7-12(15)9-13/h7-9,17H,4-6H2,1-3H3. The Morgan fingerprint density at radius 2 is 1.76 bits per heavy atom. The van der Waals surface area contributed by atoms with Gasteiger partial charge < -0.3 is 5.32 Å². The Bertz CT molecular complexity index is 408. The Morgan fingerprint density at radius 1 is 1.18 bits per heavy atom. The maximum Gasteiger partial charge on any atom is 0.0992 e. The molecule has 0 amide bonds. The van der Waals surface area contributed by atoms with E-state index in [-0.39, 0.29) is 5.54 Å². The molecule has 92 valence electrons. The number of benzene rings is 1. The molecule has 0 saturated heterocycles. The lowest BCUT2D eigenvalue weighted by Crippen LogP contribution is -2.36. The van der Waals surface area contributed by atoms with Crippen LogP contribution in [0.25, 0.3) is 0 Å². The largest absolute Gasteiger partial charge is 0.380 e. The molecule has 2 nitrogen and oxygen atoms in total. The van der Waals surface area contributed by atoms with Crippen LogP contribution in [0.1, 0.15) is 45.6 Å².